The molecule has 2 aromatic carbocycles. The highest BCUT2D eigenvalue weighted by atomic mass is 32.1. The summed E-state index contributed by atoms with van der Waals surface area (Å²) in [7, 11) is 1.65. The third-order valence-corrected chi connectivity index (χ3v) is 4.62. The molecule has 0 saturated carbocycles. The van der Waals surface area contributed by atoms with Gasteiger partial charge >= 0.3 is 0 Å². The fourth-order valence-corrected chi connectivity index (χ4v) is 3.21. The highest BCUT2D eigenvalue weighted by Crippen LogP contribution is 2.29. The van der Waals surface area contributed by atoms with Crippen LogP contribution in [-0.4, -0.2) is 30.1 Å². The summed E-state index contributed by atoms with van der Waals surface area (Å²) in [6.45, 7) is 4.38. The van der Waals surface area contributed by atoms with Gasteiger partial charge in [0.05, 0.1) is 13.7 Å². The van der Waals surface area contributed by atoms with Gasteiger partial charge in [0, 0.05) is 18.7 Å². The number of rotatable bonds is 4. The Bertz CT molecular complexity index is 714. The molecule has 0 unspecified atom stereocenters. The number of nitrogens with zero attached hydrogens (tertiary/aromatic N) is 1. The average molecular weight is 327 g/mol. The molecule has 0 aliphatic carbocycles. The molecule has 0 atom stereocenters. The van der Waals surface area contributed by atoms with Crippen molar-refractivity contribution < 1.29 is 9.47 Å². The van der Waals surface area contributed by atoms with Gasteiger partial charge in [-0.25, -0.2) is 0 Å². The lowest BCUT2D eigenvalue weighted by Gasteiger charge is -2.31. The molecule has 0 saturated heterocycles. The first-order valence-electron chi connectivity index (χ1n) is 7.89. The smallest absolute Gasteiger partial charge is 0.161 e. The van der Waals surface area contributed by atoms with E-state index in [-0.39, 0.29) is 0 Å². The van der Waals surface area contributed by atoms with E-state index in [1.807, 2.05) is 25.1 Å². The Kier molecular flexibility index (Phi) is 4.82. The standard InChI is InChI=1S/C19H21NO2S/c1-3-22-18-12-15(8-9-17(18)21-2)19(23)20-11-10-14-6-4-5-7-16(14)13-20/h4-9,12H,3,10-11,13H2,1-2H3. The van der Waals surface area contributed by atoms with Crippen molar-refractivity contribution in [3.05, 3.63) is 59.2 Å². The molecule has 0 spiro atoms. The van der Waals surface area contributed by atoms with Crippen LogP contribution in [0.5, 0.6) is 11.5 Å². The van der Waals surface area contributed by atoms with Crippen molar-refractivity contribution in [2.24, 2.45) is 0 Å². The first-order chi connectivity index (χ1) is 11.2. The molecule has 1 aliphatic heterocycles. The number of hydrogen-bond acceptors (Lipinski definition) is 3. The van der Waals surface area contributed by atoms with Crippen LogP contribution in [0.15, 0.2) is 42.5 Å². The third-order valence-electron chi connectivity index (χ3n) is 4.13. The van der Waals surface area contributed by atoms with E-state index in [1.54, 1.807) is 7.11 Å². The maximum Gasteiger partial charge on any atom is 0.161 e. The second kappa shape index (κ2) is 7.01. The predicted molar refractivity (Wildman–Crippen MR) is 96.4 cm³/mol. The molecule has 3 nitrogen and oxygen atoms in total. The Morgan fingerprint density at radius 1 is 1.13 bits per heavy atom. The zero-order valence-corrected chi connectivity index (χ0v) is 14.4. The lowest BCUT2D eigenvalue weighted by molar-refractivity contribution is 0.310. The van der Waals surface area contributed by atoms with E-state index in [2.05, 4.69) is 29.2 Å². The minimum Gasteiger partial charge on any atom is -0.493 e. The summed E-state index contributed by atoms with van der Waals surface area (Å²) < 4.78 is 11.0. The Hall–Kier alpha value is -2.07. The van der Waals surface area contributed by atoms with Crippen LogP contribution in [0.2, 0.25) is 0 Å². The number of ether oxygens (including phenoxy) is 2. The van der Waals surface area contributed by atoms with Gasteiger partial charge in [0.25, 0.3) is 0 Å². The number of thiocarbonyl (C=S) groups is 1. The van der Waals surface area contributed by atoms with Crippen LogP contribution in [0.25, 0.3) is 0 Å². The van der Waals surface area contributed by atoms with E-state index >= 15 is 0 Å². The molecule has 0 radical (unpaired) electrons. The van der Waals surface area contributed by atoms with Crippen LogP contribution in [0.4, 0.5) is 0 Å². The maximum atomic E-state index is 5.72. The molecule has 120 valence electrons. The lowest BCUT2D eigenvalue weighted by atomic mass is 9.99. The minimum atomic E-state index is 0.601. The van der Waals surface area contributed by atoms with Gasteiger partial charge in [-0.1, -0.05) is 36.5 Å². The fourth-order valence-electron chi connectivity index (χ4n) is 2.93. The van der Waals surface area contributed by atoms with Crippen LogP contribution in [0, 0.1) is 0 Å². The molecule has 0 N–H and O–H groups in total. The Labute approximate surface area is 142 Å². The van der Waals surface area contributed by atoms with Crippen LogP contribution in [0.3, 0.4) is 0 Å². The average Bonchev–Trinajstić information content (AvgIpc) is 2.61. The van der Waals surface area contributed by atoms with Gasteiger partial charge in [0.2, 0.25) is 0 Å². The SMILES string of the molecule is CCOc1cc(C(=S)N2CCc3ccccc3C2)ccc1OC. The van der Waals surface area contributed by atoms with Gasteiger partial charge < -0.3 is 14.4 Å². The highest BCUT2D eigenvalue weighted by molar-refractivity contribution is 7.80. The number of benzene rings is 2. The third kappa shape index (κ3) is 3.32. The molecule has 4 heteroatoms. The predicted octanol–water partition coefficient (Wildman–Crippen LogP) is 3.83. The van der Waals surface area contributed by atoms with Gasteiger partial charge in [0.15, 0.2) is 11.5 Å². The van der Waals surface area contributed by atoms with E-state index in [0.29, 0.717) is 6.61 Å². The maximum absolute atomic E-state index is 5.72. The second-order valence-electron chi connectivity index (χ2n) is 5.54. The first kappa shape index (κ1) is 15.8. The van der Waals surface area contributed by atoms with E-state index in [1.165, 1.54) is 11.1 Å². The number of fused-ring (bicyclic) bond motifs is 1. The molecular formula is C19H21NO2S. The van der Waals surface area contributed by atoms with Gasteiger partial charge in [-0.05, 0) is 42.7 Å². The summed E-state index contributed by atoms with van der Waals surface area (Å²) >= 11 is 5.72. The molecule has 3 rings (SSSR count). The normalized spacial score (nSPS) is 13.4. The summed E-state index contributed by atoms with van der Waals surface area (Å²) in [4.78, 5) is 3.12. The Morgan fingerprint density at radius 3 is 2.65 bits per heavy atom. The zero-order valence-electron chi connectivity index (χ0n) is 13.5. The molecular weight excluding hydrogens is 306 g/mol. The summed E-state index contributed by atoms with van der Waals surface area (Å²) in [5.74, 6) is 1.48. The molecule has 0 amide bonds. The van der Waals surface area contributed by atoms with Crippen LogP contribution >= 0.6 is 12.2 Å². The fraction of sp³-hybridized carbons (Fsp3) is 0.316. The van der Waals surface area contributed by atoms with Crippen molar-refractivity contribution in [1.29, 1.82) is 0 Å². The van der Waals surface area contributed by atoms with Crippen LogP contribution in [-0.2, 0) is 13.0 Å². The Morgan fingerprint density at radius 2 is 1.91 bits per heavy atom. The largest absolute Gasteiger partial charge is 0.493 e. The monoisotopic (exact) mass is 327 g/mol. The molecule has 0 bridgehead atoms. The highest BCUT2D eigenvalue weighted by Gasteiger charge is 2.19. The van der Waals surface area contributed by atoms with Crippen LogP contribution < -0.4 is 9.47 Å². The molecule has 0 fully saturated rings. The summed E-state index contributed by atoms with van der Waals surface area (Å²) in [6, 6.07) is 14.5. The molecule has 2 aromatic rings. The minimum absolute atomic E-state index is 0.601. The van der Waals surface area contributed by atoms with Crippen molar-refractivity contribution in [2.75, 3.05) is 20.3 Å². The second-order valence-corrected chi connectivity index (χ2v) is 5.93. The van der Waals surface area contributed by atoms with E-state index in [0.717, 1.165) is 41.6 Å². The number of methoxy groups -OCH3 is 1. The zero-order chi connectivity index (χ0) is 16.2. The quantitative estimate of drug-likeness (QED) is 0.796. The van der Waals surface area contributed by atoms with Crippen molar-refractivity contribution in [3.8, 4) is 11.5 Å². The summed E-state index contributed by atoms with van der Waals surface area (Å²) in [6.07, 6.45) is 1.03. The van der Waals surface area contributed by atoms with Crippen molar-refractivity contribution in [1.82, 2.24) is 4.90 Å². The summed E-state index contributed by atoms with van der Waals surface area (Å²) in [5, 5.41) is 0. The van der Waals surface area contributed by atoms with Crippen molar-refractivity contribution in [3.63, 3.8) is 0 Å². The molecule has 1 heterocycles. The topological polar surface area (TPSA) is 21.7 Å². The van der Waals surface area contributed by atoms with E-state index in [9.17, 15) is 0 Å². The summed E-state index contributed by atoms with van der Waals surface area (Å²) in [5.41, 5.74) is 3.79. The van der Waals surface area contributed by atoms with Gasteiger partial charge in [0.1, 0.15) is 4.99 Å². The van der Waals surface area contributed by atoms with Gasteiger partial charge in [-0.15, -0.1) is 0 Å². The Balaban J connectivity index is 1.82. The van der Waals surface area contributed by atoms with E-state index < -0.39 is 0 Å². The van der Waals surface area contributed by atoms with Crippen LogP contribution in [0.1, 0.15) is 23.6 Å². The van der Waals surface area contributed by atoms with Crippen molar-refractivity contribution >= 4 is 17.2 Å². The number of hydrogen-bond donors (Lipinski definition) is 0. The molecule has 0 aromatic heterocycles. The van der Waals surface area contributed by atoms with Gasteiger partial charge in [-0.2, -0.15) is 0 Å². The van der Waals surface area contributed by atoms with Gasteiger partial charge in [-0.3, -0.25) is 0 Å². The molecule has 23 heavy (non-hydrogen) atoms. The van der Waals surface area contributed by atoms with Crippen molar-refractivity contribution in [2.45, 2.75) is 19.9 Å². The molecule has 1 aliphatic rings. The first-order valence-corrected chi connectivity index (χ1v) is 8.30. The lowest BCUT2D eigenvalue weighted by Crippen LogP contribution is -2.35. The van der Waals surface area contributed by atoms with E-state index in [4.69, 9.17) is 21.7 Å².